The molecular formula is C22H17BrCl2F7NOS. The van der Waals surface area contributed by atoms with Crippen LogP contribution in [0.1, 0.15) is 34.3 Å². The van der Waals surface area contributed by atoms with E-state index in [0.717, 1.165) is 24.3 Å². The second kappa shape index (κ2) is 12.2. The summed E-state index contributed by atoms with van der Waals surface area (Å²) < 4.78 is 92.5. The maximum atomic E-state index is 14.8. The third-order valence-corrected chi connectivity index (χ3v) is 7.13. The molecule has 0 aliphatic rings. The first-order valence-corrected chi connectivity index (χ1v) is 12.4. The average molecular weight is 627 g/mol. The number of hydrogen-bond donors (Lipinski definition) is 1. The molecule has 13 heteroatoms. The van der Waals surface area contributed by atoms with Gasteiger partial charge in [0.2, 0.25) is 0 Å². The van der Waals surface area contributed by atoms with Crippen molar-refractivity contribution < 1.29 is 35.5 Å². The molecule has 35 heavy (non-hydrogen) atoms. The van der Waals surface area contributed by atoms with E-state index in [-0.39, 0.29) is 37.0 Å². The molecule has 0 spiro atoms. The number of hydrogen-bond acceptors (Lipinski definition) is 2. The van der Waals surface area contributed by atoms with Crippen LogP contribution in [0.2, 0.25) is 10.0 Å². The zero-order valence-electron chi connectivity index (χ0n) is 17.7. The van der Waals surface area contributed by atoms with Gasteiger partial charge in [-0.05, 0) is 58.8 Å². The van der Waals surface area contributed by atoms with Crippen molar-refractivity contribution in [3.8, 4) is 0 Å². The summed E-state index contributed by atoms with van der Waals surface area (Å²) in [7, 11) is 0. The van der Waals surface area contributed by atoms with Gasteiger partial charge in [-0.15, -0.1) is 0 Å². The molecular weight excluding hydrogens is 610 g/mol. The van der Waals surface area contributed by atoms with E-state index in [1.54, 1.807) is 0 Å². The van der Waals surface area contributed by atoms with Gasteiger partial charge in [0.05, 0.1) is 21.4 Å². The second-order valence-electron chi connectivity index (χ2n) is 7.41. The Balaban J connectivity index is 2.20. The van der Waals surface area contributed by atoms with Crippen LogP contribution in [0.15, 0.2) is 46.9 Å². The highest BCUT2D eigenvalue weighted by atomic mass is 79.9. The molecule has 2 rings (SSSR count). The van der Waals surface area contributed by atoms with E-state index in [1.165, 1.54) is 19.1 Å². The van der Waals surface area contributed by atoms with E-state index >= 15 is 0 Å². The number of halogens is 10. The minimum absolute atomic E-state index is 0.00582. The highest BCUT2D eigenvalue weighted by Crippen LogP contribution is 2.40. The van der Waals surface area contributed by atoms with Crippen molar-refractivity contribution >= 4 is 62.6 Å². The van der Waals surface area contributed by atoms with Gasteiger partial charge in [-0.3, -0.25) is 4.79 Å². The summed E-state index contributed by atoms with van der Waals surface area (Å²) in [6, 6.07) is 6.12. The molecule has 1 N–H and O–H groups in total. The average Bonchev–Trinajstić information content (AvgIpc) is 2.71. The van der Waals surface area contributed by atoms with Crippen LogP contribution >= 0.6 is 50.9 Å². The highest BCUT2D eigenvalue weighted by molar-refractivity contribution is 9.10. The Morgan fingerprint density at radius 3 is 2.29 bits per heavy atom. The summed E-state index contributed by atoms with van der Waals surface area (Å²) in [6.45, 7) is 1.52. The van der Waals surface area contributed by atoms with Gasteiger partial charge in [-0.1, -0.05) is 35.3 Å². The molecule has 192 valence electrons. The van der Waals surface area contributed by atoms with Crippen LogP contribution in [-0.2, 0) is 0 Å². The van der Waals surface area contributed by atoms with Crippen LogP contribution in [0.5, 0.6) is 0 Å². The number of carbonyl (C=O) groups is 1. The quantitative estimate of drug-likeness (QED) is 0.297. The fourth-order valence-corrected chi connectivity index (χ4v) is 4.52. The lowest BCUT2D eigenvalue weighted by atomic mass is 9.96. The molecule has 2 atom stereocenters. The number of thioether (sulfide) groups is 1. The third kappa shape index (κ3) is 9.18. The lowest BCUT2D eigenvalue weighted by Crippen LogP contribution is -2.34. The molecule has 0 fully saturated rings. The van der Waals surface area contributed by atoms with Crippen molar-refractivity contribution in [1.82, 2.24) is 5.32 Å². The van der Waals surface area contributed by atoms with Gasteiger partial charge < -0.3 is 5.32 Å². The number of allylic oxidation sites excluding steroid dienone is 1. The third-order valence-electron chi connectivity index (χ3n) is 4.47. The smallest absolute Gasteiger partial charge is 0.349 e. The Hall–Kier alpha value is -1.43. The van der Waals surface area contributed by atoms with Gasteiger partial charge >= 0.3 is 12.4 Å². The van der Waals surface area contributed by atoms with Crippen molar-refractivity contribution in [3.63, 3.8) is 0 Å². The second-order valence-corrected chi connectivity index (χ2v) is 10.1. The standard InChI is InChI=1S/C22H17BrCl2F7NOS/c1-11(9-35-10-21(27,28)29)33-20(34)14-4-2-13(6-16(14)23)19(26)8-15(22(30,31)32)12-3-5-17(24)18(25)7-12/h2-8,11,15H,9-10H2,1H3,(H,33,34)/b19-8-. The predicted octanol–water partition coefficient (Wildman–Crippen LogP) is 8.83. The van der Waals surface area contributed by atoms with Crippen LogP contribution in [-0.4, -0.2) is 35.8 Å². The van der Waals surface area contributed by atoms with Gasteiger partial charge in [0.15, 0.2) is 0 Å². The van der Waals surface area contributed by atoms with Gasteiger partial charge in [-0.25, -0.2) is 4.39 Å². The van der Waals surface area contributed by atoms with Crippen LogP contribution in [0, 0.1) is 0 Å². The molecule has 0 heterocycles. The van der Waals surface area contributed by atoms with Crippen molar-refractivity contribution in [2.24, 2.45) is 0 Å². The first kappa shape index (κ1) is 29.8. The Morgan fingerprint density at radius 2 is 1.74 bits per heavy atom. The maximum absolute atomic E-state index is 14.8. The molecule has 0 radical (unpaired) electrons. The van der Waals surface area contributed by atoms with E-state index in [9.17, 15) is 35.5 Å². The number of carbonyl (C=O) groups excluding carboxylic acids is 1. The number of nitrogens with one attached hydrogen (secondary N) is 1. The van der Waals surface area contributed by atoms with E-state index in [1.807, 2.05) is 0 Å². The monoisotopic (exact) mass is 625 g/mol. The van der Waals surface area contributed by atoms with E-state index in [4.69, 9.17) is 23.2 Å². The van der Waals surface area contributed by atoms with Crippen LogP contribution in [0.3, 0.4) is 0 Å². The Labute approximate surface area is 219 Å². The SMILES string of the molecule is CC(CSCC(F)(F)F)NC(=O)c1ccc(/C(F)=C/C(c2ccc(Cl)c(Cl)c2)C(F)(F)F)cc1Br. The molecule has 0 aliphatic carbocycles. The van der Waals surface area contributed by atoms with E-state index in [0.29, 0.717) is 17.8 Å². The van der Waals surface area contributed by atoms with Crippen molar-refractivity contribution in [2.45, 2.75) is 31.2 Å². The summed E-state index contributed by atoms with van der Waals surface area (Å²) in [5.74, 6) is -5.20. The zero-order valence-corrected chi connectivity index (χ0v) is 21.6. The molecule has 0 aromatic heterocycles. The molecule has 0 saturated carbocycles. The van der Waals surface area contributed by atoms with Crippen LogP contribution in [0.25, 0.3) is 5.83 Å². The van der Waals surface area contributed by atoms with Crippen molar-refractivity contribution in [2.75, 3.05) is 11.5 Å². The van der Waals surface area contributed by atoms with Crippen LogP contribution < -0.4 is 5.32 Å². The van der Waals surface area contributed by atoms with E-state index < -0.39 is 41.8 Å². The van der Waals surface area contributed by atoms with Gasteiger partial charge in [0.25, 0.3) is 5.91 Å². The summed E-state index contributed by atoms with van der Waals surface area (Å²) in [5, 5.41) is 2.45. The zero-order chi connectivity index (χ0) is 26.6. The molecule has 2 unspecified atom stereocenters. The Bertz CT molecular complexity index is 1090. The maximum Gasteiger partial charge on any atom is 0.399 e. The predicted molar refractivity (Wildman–Crippen MR) is 129 cm³/mol. The lowest BCUT2D eigenvalue weighted by Gasteiger charge is -2.18. The summed E-state index contributed by atoms with van der Waals surface area (Å²) >= 11 is 15.2. The topological polar surface area (TPSA) is 29.1 Å². The molecule has 0 bridgehead atoms. The van der Waals surface area contributed by atoms with Crippen molar-refractivity contribution in [1.29, 1.82) is 0 Å². The highest BCUT2D eigenvalue weighted by Gasteiger charge is 2.40. The summed E-state index contributed by atoms with van der Waals surface area (Å²) in [4.78, 5) is 12.4. The molecule has 0 saturated heterocycles. The normalized spacial score (nSPS) is 14.5. The largest absolute Gasteiger partial charge is 0.399 e. The molecule has 2 nitrogen and oxygen atoms in total. The fraction of sp³-hybridized carbons (Fsp3) is 0.318. The van der Waals surface area contributed by atoms with Crippen molar-refractivity contribution in [3.05, 3.63) is 73.7 Å². The Kier molecular flexibility index (Phi) is 10.4. The summed E-state index contributed by atoms with van der Waals surface area (Å²) in [5.41, 5.74) is -0.503. The molecule has 0 aliphatic heterocycles. The van der Waals surface area contributed by atoms with Gasteiger partial charge in [0, 0.05) is 21.8 Å². The minimum Gasteiger partial charge on any atom is -0.349 e. The van der Waals surface area contributed by atoms with Gasteiger partial charge in [0.1, 0.15) is 11.7 Å². The molecule has 2 aromatic rings. The van der Waals surface area contributed by atoms with Crippen LogP contribution in [0.4, 0.5) is 30.7 Å². The minimum atomic E-state index is -4.83. The molecule has 1 amide bonds. The fourth-order valence-electron chi connectivity index (χ4n) is 2.87. The first-order chi connectivity index (χ1) is 16.1. The number of rotatable bonds is 8. The van der Waals surface area contributed by atoms with Gasteiger partial charge in [-0.2, -0.15) is 38.1 Å². The number of benzene rings is 2. The lowest BCUT2D eigenvalue weighted by molar-refractivity contribution is -0.139. The first-order valence-electron chi connectivity index (χ1n) is 9.72. The molecule has 2 aromatic carbocycles. The summed E-state index contributed by atoms with van der Waals surface area (Å²) in [6.07, 6.45) is -8.76. The number of amides is 1. The number of alkyl halides is 6. The Morgan fingerprint density at radius 1 is 1.09 bits per heavy atom. The van der Waals surface area contributed by atoms with E-state index in [2.05, 4.69) is 21.2 Å².